The van der Waals surface area contributed by atoms with Crippen LogP contribution < -0.4 is 10.6 Å². The number of piperidine rings is 1. The quantitative estimate of drug-likeness (QED) is 0.470. The second-order valence-corrected chi connectivity index (χ2v) is 6.94. The molecule has 2 atom stereocenters. The molecule has 6 heteroatoms. The fourth-order valence-corrected chi connectivity index (χ4v) is 3.35. The predicted molar refractivity (Wildman–Crippen MR) is 102 cm³/mol. The van der Waals surface area contributed by atoms with Crippen molar-refractivity contribution in [3.05, 3.63) is 29.0 Å². The average Bonchev–Trinajstić information content (AvgIpc) is 2.59. The summed E-state index contributed by atoms with van der Waals surface area (Å²) in [5.74, 6) is 0.855. The molecule has 1 aliphatic heterocycles. The number of hydrogen-bond donors (Lipinski definition) is 2. The molecule has 0 radical (unpaired) electrons. The first-order valence-corrected chi connectivity index (χ1v) is 9.28. The van der Waals surface area contributed by atoms with Gasteiger partial charge in [-0.05, 0) is 51.3 Å². The van der Waals surface area contributed by atoms with Crippen LogP contribution in [0.4, 0.5) is 0 Å². The van der Waals surface area contributed by atoms with Gasteiger partial charge in [0, 0.05) is 38.4 Å². The van der Waals surface area contributed by atoms with Gasteiger partial charge in [-0.15, -0.1) is 0 Å². The molecule has 0 saturated carbocycles. The van der Waals surface area contributed by atoms with Gasteiger partial charge in [-0.1, -0.05) is 24.1 Å². The van der Waals surface area contributed by atoms with Gasteiger partial charge >= 0.3 is 0 Å². The summed E-state index contributed by atoms with van der Waals surface area (Å²) < 4.78 is 0. The van der Waals surface area contributed by atoms with E-state index >= 15 is 0 Å². The molecule has 2 heterocycles. The average molecular weight is 352 g/mol. The summed E-state index contributed by atoms with van der Waals surface area (Å²) >= 11 is 5.80. The molecule has 1 aliphatic rings. The van der Waals surface area contributed by atoms with E-state index < -0.39 is 0 Å². The fourth-order valence-electron chi connectivity index (χ4n) is 3.24. The number of likely N-dealkylation sites (tertiary alicyclic amines) is 1. The van der Waals surface area contributed by atoms with Gasteiger partial charge in [0.2, 0.25) is 0 Å². The van der Waals surface area contributed by atoms with Crippen molar-refractivity contribution in [3.63, 3.8) is 0 Å². The Hall–Kier alpha value is -1.33. The maximum Gasteiger partial charge on any atom is 0.191 e. The number of pyridine rings is 1. The first-order valence-electron chi connectivity index (χ1n) is 8.91. The SMILES string of the molecule is CN=C(NCCc1ccc(Cl)nc1)NCC(C)N1CCCCC1C. The van der Waals surface area contributed by atoms with Gasteiger partial charge in [0.05, 0.1) is 0 Å². The standard InChI is InChI=1S/C18H30ClN5/c1-14-6-4-5-11-24(14)15(2)12-23-18(20-3)21-10-9-16-7-8-17(19)22-13-16/h7-8,13-15H,4-6,9-12H2,1-3H3,(H2,20,21,23). The van der Waals surface area contributed by atoms with E-state index in [0.717, 1.165) is 31.0 Å². The normalized spacial score (nSPS) is 20.7. The molecule has 0 amide bonds. The monoisotopic (exact) mass is 351 g/mol. The Morgan fingerprint density at radius 3 is 2.92 bits per heavy atom. The van der Waals surface area contributed by atoms with E-state index in [1.807, 2.05) is 25.4 Å². The molecule has 0 bridgehead atoms. The number of halogens is 1. The molecule has 1 aromatic heterocycles. The summed E-state index contributed by atoms with van der Waals surface area (Å²) in [5.41, 5.74) is 1.16. The van der Waals surface area contributed by atoms with Crippen LogP contribution in [0.15, 0.2) is 23.3 Å². The third kappa shape index (κ3) is 5.95. The van der Waals surface area contributed by atoms with E-state index in [1.54, 1.807) is 0 Å². The molecule has 0 spiro atoms. The Balaban J connectivity index is 1.70. The molecule has 2 N–H and O–H groups in total. The van der Waals surface area contributed by atoms with Crippen molar-refractivity contribution in [2.24, 2.45) is 4.99 Å². The lowest BCUT2D eigenvalue weighted by Crippen LogP contribution is -2.50. The maximum absolute atomic E-state index is 5.80. The molecule has 134 valence electrons. The topological polar surface area (TPSA) is 52.6 Å². The highest BCUT2D eigenvalue weighted by molar-refractivity contribution is 6.29. The lowest BCUT2D eigenvalue weighted by molar-refractivity contribution is 0.115. The third-order valence-corrected chi connectivity index (χ3v) is 4.93. The van der Waals surface area contributed by atoms with Crippen LogP contribution in [0.25, 0.3) is 0 Å². The number of nitrogens with zero attached hydrogens (tertiary/aromatic N) is 3. The van der Waals surface area contributed by atoms with Crippen LogP contribution in [-0.4, -0.2) is 54.6 Å². The Bertz CT molecular complexity index is 517. The van der Waals surface area contributed by atoms with Gasteiger partial charge in [-0.25, -0.2) is 4.98 Å². The van der Waals surface area contributed by atoms with Gasteiger partial charge in [-0.3, -0.25) is 9.89 Å². The van der Waals surface area contributed by atoms with Crippen molar-refractivity contribution in [2.45, 2.75) is 51.6 Å². The lowest BCUT2D eigenvalue weighted by Gasteiger charge is -2.38. The van der Waals surface area contributed by atoms with Crippen molar-refractivity contribution < 1.29 is 0 Å². The van der Waals surface area contributed by atoms with Crippen molar-refractivity contribution in [1.82, 2.24) is 20.5 Å². The third-order valence-electron chi connectivity index (χ3n) is 4.70. The lowest BCUT2D eigenvalue weighted by atomic mass is 10.0. The van der Waals surface area contributed by atoms with Crippen LogP contribution in [0, 0.1) is 0 Å². The van der Waals surface area contributed by atoms with E-state index in [2.05, 4.69) is 39.4 Å². The largest absolute Gasteiger partial charge is 0.356 e. The minimum atomic E-state index is 0.513. The summed E-state index contributed by atoms with van der Waals surface area (Å²) in [5, 5.41) is 7.34. The number of guanidine groups is 1. The second-order valence-electron chi connectivity index (χ2n) is 6.55. The predicted octanol–water partition coefficient (Wildman–Crippen LogP) is 2.71. The Morgan fingerprint density at radius 1 is 1.42 bits per heavy atom. The van der Waals surface area contributed by atoms with Gasteiger partial charge in [-0.2, -0.15) is 0 Å². The van der Waals surface area contributed by atoms with E-state index in [1.165, 1.54) is 25.8 Å². The molecule has 0 aliphatic carbocycles. The highest BCUT2D eigenvalue weighted by Crippen LogP contribution is 2.18. The Labute approximate surface area is 150 Å². The maximum atomic E-state index is 5.80. The van der Waals surface area contributed by atoms with Crippen LogP contribution in [-0.2, 0) is 6.42 Å². The number of aliphatic imine (C=N–C) groups is 1. The van der Waals surface area contributed by atoms with Gasteiger partial charge in [0.15, 0.2) is 5.96 Å². The van der Waals surface area contributed by atoms with Crippen LogP contribution in [0.2, 0.25) is 5.15 Å². The summed E-state index contributed by atoms with van der Waals surface area (Å²) in [6.45, 7) is 7.56. The molecule has 2 rings (SSSR count). The first kappa shape index (κ1) is 19.0. The molecule has 1 saturated heterocycles. The van der Waals surface area contributed by atoms with E-state index in [0.29, 0.717) is 17.2 Å². The van der Waals surface area contributed by atoms with Gasteiger partial charge in [0.1, 0.15) is 5.15 Å². The van der Waals surface area contributed by atoms with Gasteiger partial charge in [0.25, 0.3) is 0 Å². The van der Waals surface area contributed by atoms with Crippen LogP contribution in [0.5, 0.6) is 0 Å². The summed E-state index contributed by atoms with van der Waals surface area (Å²) in [7, 11) is 1.81. The number of nitrogens with one attached hydrogen (secondary N) is 2. The summed E-state index contributed by atoms with van der Waals surface area (Å²) in [4.78, 5) is 11.0. The zero-order valence-electron chi connectivity index (χ0n) is 15.1. The number of aromatic nitrogens is 1. The van der Waals surface area contributed by atoms with Crippen LogP contribution >= 0.6 is 11.6 Å². The Morgan fingerprint density at radius 2 is 2.25 bits per heavy atom. The second kappa shape index (κ2) is 9.84. The van der Waals surface area contributed by atoms with Crippen LogP contribution in [0.3, 0.4) is 0 Å². The Kier molecular flexibility index (Phi) is 7.79. The van der Waals surface area contributed by atoms with Crippen molar-refractivity contribution in [2.75, 3.05) is 26.7 Å². The van der Waals surface area contributed by atoms with Crippen molar-refractivity contribution >= 4 is 17.6 Å². The number of hydrogen-bond acceptors (Lipinski definition) is 3. The van der Waals surface area contributed by atoms with E-state index in [9.17, 15) is 0 Å². The molecule has 1 fully saturated rings. The summed E-state index contributed by atoms with van der Waals surface area (Å²) in [6, 6.07) is 5.03. The summed E-state index contributed by atoms with van der Waals surface area (Å²) in [6.07, 6.45) is 6.70. The minimum absolute atomic E-state index is 0.513. The molecule has 1 aromatic rings. The first-order chi connectivity index (χ1) is 11.6. The molecular weight excluding hydrogens is 322 g/mol. The van der Waals surface area contributed by atoms with Crippen molar-refractivity contribution in [1.29, 1.82) is 0 Å². The minimum Gasteiger partial charge on any atom is -0.356 e. The molecule has 2 unspecified atom stereocenters. The van der Waals surface area contributed by atoms with Crippen LogP contribution in [0.1, 0.15) is 38.7 Å². The van der Waals surface area contributed by atoms with Gasteiger partial charge < -0.3 is 10.6 Å². The number of rotatable bonds is 6. The fraction of sp³-hybridized carbons (Fsp3) is 0.667. The van der Waals surface area contributed by atoms with Crippen molar-refractivity contribution in [3.8, 4) is 0 Å². The highest BCUT2D eigenvalue weighted by atomic mass is 35.5. The highest BCUT2D eigenvalue weighted by Gasteiger charge is 2.22. The van der Waals surface area contributed by atoms with E-state index in [4.69, 9.17) is 11.6 Å². The van der Waals surface area contributed by atoms with E-state index in [-0.39, 0.29) is 0 Å². The zero-order chi connectivity index (χ0) is 17.4. The smallest absolute Gasteiger partial charge is 0.191 e. The molecular formula is C18H30ClN5. The molecule has 0 aromatic carbocycles. The zero-order valence-corrected chi connectivity index (χ0v) is 15.8. The molecule has 24 heavy (non-hydrogen) atoms. The molecule has 5 nitrogen and oxygen atoms in total.